The van der Waals surface area contributed by atoms with Gasteiger partial charge in [-0.25, -0.2) is 4.79 Å². The third-order valence-corrected chi connectivity index (χ3v) is 7.55. The zero-order valence-corrected chi connectivity index (χ0v) is 25.5. The molecule has 2 aromatic carbocycles. The van der Waals surface area contributed by atoms with E-state index in [1.54, 1.807) is 30.9 Å². The second kappa shape index (κ2) is 15.0. The van der Waals surface area contributed by atoms with Crippen LogP contribution in [-0.2, 0) is 27.4 Å². The highest BCUT2D eigenvalue weighted by atomic mass is 32.2. The number of amides is 3. The van der Waals surface area contributed by atoms with Gasteiger partial charge in [-0.2, -0.15) is 0 Å². The lowest BCUT2D eigenvalue weighted by Crippen LogP contribution is -2.51. The number of ether oxygens (including phenoxy) is 2. The van der Waals surface area contributed by atoms with Crippen molar-refractivity contribution in [2.45, 2.75) is 56.2 Å². The van der Waals surface area contributed by atoms with E-state index < -0.39 is 17.7 Å². The van der Waals surface area contributed by atoms with Crippen molar-refractivity contribution in [3.05, 3.63) is 77.6 Å². The van der Waals surface area contributed by atoms with E-state index in [-0.39, 0.29) is 37.6 Å². The molecule has 3 amide bonds. The number of carbonyl (C=O) groups is 3. The number of benzene rings is 2. The summed E-state index contributed by atoms with van der Waals surface area (Å²) < 4.78 is 13.4. The summed E-state index contributed by atoms with van der Waals surface area (Å²) in [4.78, 5) is 39.7. The van der Waals surface area contributed by atoms with Crippen LogP contribution in [0.1, 0.15) is 48.1 Å². The van der Waals surface area contributed by atoms with E-state index in [0.29, 0.717) is 42.7 Å². The van der Waals surface area contributed by atoms with Crippen molar-refractivity contribution >= 4 is 29.7 Å². The predicted octanol–water partition coefficient (Wildman–Crippen LogP) is 2.75. The van der Waals surface area contributed by atoms with Gasteiger partial charge < -0.3 is 35.3 Å². The maximum Gasteiger partial charge on any atom is 0.409 e. The Morgan fingerprint density at radius 3 is 2.47 bits per heavy atom. The summed E-state index contributed by atoms with van der Waals surface area (Å²) >= 11 is 1.39. The normalized spacial score (nSPS) is 15.6. The first-order chi connectivity index (χ1) is 20.7. The number of carbonyl (C=O) groups excluding carboxylic acids is 3. The number of hydrogen-bond donors (Lipinski definition) is 3. The maximum absolute atomic E-state index is 12.8. The lowest BCUT2D eigenvalue weighted by atomic mass is 10.1. The standard InChI is InChI=1S/C30H39N7O5S/c1-30(2,31)27(39)33-24(20-41-19-21-10-6-4-7-11-21)25-34-35-28(43-3)37(25)16-17-42-29(40)36-15-14-23(18-36)32-26(38)22-12-8-5-9-13-22/h4-13,23-24H,14-20,31H2,1-3H3,(H,32,38)(H,33,39)/t23-,24+/m0/s1. The Hall–Kier alpha value is -3.94. The van der Waals surface area contributed by atoms with E-state index in [9.17, 15) is 14.4 Å². The average Bonchev–Trinajstić information content (AvgIpc) is 3.64. The molecule has 0 spiro atoms. The van der Waals surface area contributed by atoms with E-state index in [2.05, 4.69) is 20.8 Å². The van der Waals surface area contributed by atoms with Crippen LogP contribution in [-0.4, -0.2) is 81.7 Å². The summed E-state index contributed by atoms with van der Waals surface area (Å²) in [5.74, 6) is -0.0654. The number of likely N-dealkylation sites (tertiary alicyclic amines) is 1. The van der Waals surface area contributed by atoms with Crippen molar-refractivity contribution in [3.63, 3.8) is 0 Å². The van der Waals surface area contributed by atoms with Gasteiger partial charge >= 0.3 is 6.09 Å². The fraction of sp³-hybridized carbons (Fsp3) is 0.433. The fourth-order valence-corrected chi connectivity index (χ4v) is 5.06. The molecule has 1 aromatic heterocycles. The Bertz CT molecular complexity index is 1360. The number of aromatic nitrogens is 3. The minimum absolute atomic E-state index is 0.0584. The van der Waals surface area contributed by atoms with Crippen molar-refractivity contribution in [2.24, 2.45) is 5.73 Å². The minimum atomic E-state index is -1.12. The second-order valence-corrected chi connectivity index (χ2v) is 11.6. The van der Waals surface area contributed by atoms with E-state index in [1.165, 1.54) is 11.8 Å². The van der Waals surface area contributed by atoms with Gasteiger partial charge in [-0.1, -0.05) is 60.3 Å². The summed E-state index contributed by atoms with van der Waals surface area (Å²) in [6.45, 7) is 4.90. The van der Waals surface area contributed by atoms with Crippen LogP contribution in [0, 0.1) is 0 Å². The van der Waals surface area contributed by atoms with Crippen molar-refractivity contribution in [1.82, 2.24) is 30.3 Å². The largest absolute Gasteiger partial charge is 0.448 e. The first-order valence-corrected chi connectivity index (χ1v) is 15.3. The monoisotopic (exact) mass is 609 g/mol. The molecule has 1 aliphatic rings. The van der Waals surface area contributed by atoms with Crippen LogP contribution < -0.4 is 16.4 Å². The Morgan fingerprint density at radius 2 is 1.79 bits per heavy atom. The molecular weight excluding hydrogens is 570 g/mol. The highest BCUT2D eigenvalue weighted by Crippen LogP contribution is 2.21. The third kappa shape index (κ3) is 9.02. The molecule has 230 valence electrons. The van der Waals surface area contributed by atoms with Crippen molar-refractivity contribution in [2.75, 3.05) is 32.6 Å². The third-order valence-electron chi connectivity index (χ3n) is 6.88. The number of nitrogens with zero attached hydrogens (tertiary/aromatic N) is 4. The molecule has 2 heterocycles. The molecule has 1 saturated heterocycles. The SMILES string of the molecule is CSc1nnc([C@@H](COCc2ccccc2)NC(=O)C(C)(C)N)n1CCOC(=O)N1CC[C@H](NC(=O)c2ccccc2)C1. The van der Waals surface area contributed by atoms with Crippen molar-refractivity contribution < 1.29 is 23.9 Å². The lowest BCUT2D eigenvalue weighted by molar-refractivity contribution is -0.126. The summed E-state index contributed by atoms with van der Waals surface area (Å²) in [6.07, 6.45) is 2.05. The van der Waals surface area contributed by atoms with E-state index in [4.69, 9.17) is 15.2 Å². The molecule has 12 nitrogen and oxygen atoms in total. The molecule has 0 bridgehead atoms. The molecule has 0 radical (unpaired) electrons. The molecule has 3 aromatic rings. The van der Waals surface area contributed by atoms with Crippen molar-refractivity contribution in [1.29, 1.82) is 0 Å². The Morgan fingerprint density at radius 1 is 1.09 bits per heavy atom. The van der Waals surface area contributed by atoms with Gasteiger partial charge in [0, 0.05) is 24.7 Å². The van der Waals surface area contributed by atoms with Crippen LogP contribution in [0.15, 0.2) is 65.8 Å². The number of nitrogens with one attached hydrogen (secondary N) is 2. The molecule has 4 N–H and O–H groups in total. The lowest BCUT2D eigenvalue weighted by Gasteiger charge is -2.24. The summed E-state index contributed by atoms with van der Waals surface area (Å²) in [5.41, 5.74) is 6.50. The molecule has 0 aliphatic carbocycles. The molecule has 0 unspecified atom stereocenters. The fourth-order valence-electron chi connectivity index (χ4n) is 4.53. The first-order valence-electron chi connectivity index (χ1n) is 14.1. The van der Waals surface area contributed by atoms with E-state index in [0.717, 1.165) is 5.56 Å². The molecule has 0 saturated carbocycles. The molecule has 1 aliphatic heterocycles. The Balaban J connectivity index is 1.35. The Labute approximate surface area is 255 Å². The number of hydrogen-bond acceptors (Lipinski definition) is 9. The van der Waals surface area contributed by atoms with Gasteiger partial charge in [0.2, 0.25) is 5.91 Å². The molecule has 43 heavy (non-hydrogen) atoms. The Kier molecular flexibility index (Phi) is 11.1. The summed E-state index contributed by atoms with van der Waals surface area (Å²) in [5, 5.41) is 15.2. The summed E-state index contributed by atoms with van der Waals surface area (Å²) in [7, 11) is 0. The topological polar surface area (TPSA) is 154 Å². The van der Waals surface area contributed by atoms with Crippen molar-refractivity contribution in [3.8, 4) is 0 Å². The van der Waals surface area contributed by atoms with Gasteiger partial charge in [0.1, 0.15) is 12.6 Å². The highest BCUT2D eigenvalue weighted by molar-refractivity contribution is 7.98. The second-order valence-electron chi connectivity index (χ2n) is 10.8. The molecular formula is C30H39N7O5S. The number of thioether (sulfide) groups is 1. The van der Waals surface area contributed by atoms with Crippen LogP contribution in [0.5, 0.6) is 0 Å². The van der Waals surface area contributed by atoms with E-state index >= 15 is 0 Å². The van der Waals surface area contributed by atoms with Gasteiger partial charge in [0.25, 0.3) is 5.91 Å². The van der Waals surface area contributed by atoms with Crippen LogP contribution in [0.3, 0.4) is 0 Å². The zero-order valence-electron chi connectivity index (χ0n) is 24.7. The molecule has 4 rings (SSSR count). The molecule has 1 fully saturated rings. The van der Waals surface area contributed by atoms with Gasteiger partial charge in [0.05, 0.1) is 25.3 Å². The van der Waals surface area contributed by atoms with Gasteiger partial charge in [0.15, 0.2) is 11.0 Å². The minimum Gasteiger partial charge on any atom is -0.448 e. The van der Waals surface area contributed by atoms with Crippen LogP contribution in [0.2, 0.25) is 0 Å². The van der Waals surface area contributed by atoms with Crippen LogP contribution in [0.4, 0.5) is 4.79 Å². The highest BCUT2D eigenvalue weighted by Gasteiger charge is 2.30. The summed E-state index contributed by atoms with van der Waals surface area (Å²) in [6, 6.07) is 17.9. The van der Waals surface area contributed by atoms with Crippen LogP contribution in [0.25, 0.3) is 0 Å². The van der Waals surface area contributed by atoms with Gasteiger partial charge in [-0.05, 0) is 44.2 Å². The van der Waals surface area contributed by atoms with Crippen LogP contribution >= 0.6 is 11.8 Å². The van der Waals surface area contributed by atoms with E-state index in [1.807, 2.05) is 59.4 Å². The quantitative estimate of drug-likeness (QED) is 0.248. The van der Waals surface area contributed by atoms with Gasteiger partial charge in [-0.15, -0.1) is 10.2 Å². The number of nitrogens with two attached hydrogens (primary N) is 1. The average molecular weight is 610 g/mol. The first kappa shape index (κ1) is 32.0. The zero-order chi connectivity index (χ0) is 30.8. The molecule has 13 heteroatoms. The predicted molar refractivity (Wildman–Crippen MR) is 162 cm³/mol. The van der Waals surface area contributed by atoms with Gasteiger partial charge in [-0.3, -0.25) is 9.59 Å². The maximum atomic E-state index is 12.8. The smallest absolute Gasteiger partial charge is 0.409 e. The molecule has 2 atom stereocenters. The number of rotatable bonds is 13.